The van der Waals surface area contributed by atoms with E-state index in [-0.39, 0.29) is 12.1 Å². The van der Waals surface area contributed by atoms with Gasteiger partial charge in [-0.15, -0.1) is 0 Å². The van der Waals surface area contributed by atoms with Crippen LogP contribution >= 0.6 is 11.6 Å². The number of ether oxygens (including phenoxy) is 1. The molecule has 2 aromatic rings. The van der Waals surface area contributed by atoms with Crippen molar-refractivity contribution in [3.05, 3.63) is 47.2 Å². The van der Waals surface area contributed by atoms with Gasteiger partial charge in [0.25, 0.3) is 0 Å². The van der Waals surface area contributed by atoms with Crippen LogP contribution in [0.4, 0.5) is 0 Å². The van der Waals surface area contributed by atoms with Gasteiger partial charge in [-0.05, 0) is 31.2 Å². The molecular formula is C13H16ClN3O. The Hall–Kier alpha value is -1.52. The maximum Gasteiger partial charge on any atom is 0.141 e. The Morgan fingerprint density at radius 1 is 1.33 bits per heavy atom. The molecule has 0 aliphatic heterocycles. The van der Waals surface area contributed by atoms with Crippen LogP contribution in [0, 0.1) is 0 Å². The molecule has 2 N–H and O–H groups in total. The molecule has 0 saturated heterocycles. The van der Waals surface area contributed by atoms with Gasteiger partial charge in [-0.2, -0.15) is 5.10 Å². The van der Waals surface area contributed by atoms with E-state index in [0.717, 1.165) is 11.3 Å². The van der Waals surface area contributed by atoms with Crippen LogP contribution in [0.15, 0.2) is 36.7 Å². The molecule has 5 heteroatoms. The normalized spacial score (nSPS) is 14.2. The van der Waals surface area contributed by atoms with Gasteiger partial charge in [0.2, 0.25) is 0 Å². The quantitative estimate of drug-likeness (QED) is 0.924. The van der Waals surface area contributed by atoms with Crippen LogP contribution in [0.1, 0.15) is 18.6 Å². The fourth-order valence-electron chi connectivity index (χ4n) is 1.73. The second kappa shape index (κ2) is 5.42. The molecule has 1 aromatic heterocycles. The molecule has 0 saturated carbocycles. The van der Waals surface area contributed by atoms with Gasteiger partial charge in [0.1, 0.15) is 11.9 Å². The fourth-order valence-corrected chi connectivity index (χ4v) is 1.85. The predicted octanol–water partition coefficient (Wildman–Crippen LogP) is 2.54. The van der Waals surface area contributed by atoms with Crippen molar-refractivity contribution in [2.45, 2.75) is 19.1 Å². The lowest BCUT2D eigenvalue weighted by molar-refractivity contribution is 0.180. The van der Waals surface area contributed by atoms with Crippen molar-refractivity contribution in [3.8, 4) is 5.75 Å². The lowest BCUT2D eigenvalue weighted by Gasteiger charge is -2.21. The molecule has 96 valence electrons. The molecular weight excluding hydrogens is 250 g/mol. The Balaban J connectivity index is 2.19. The highest BCUT2D eigenvalue weighted by molar-refractivity contribution is 6.30. The van der Waals surface area contributed by atoms with Crippen molar-refractivity contribution in [1.29, 1.82) is 0 Å². The number of benzene rings is 1. The van der Waals surface area contributed by atoms with Crippen molar-refractivity contribution in [2.24, 2.45) is 12.8 Å². The Labute approximate surface area is 111 Å². The van der Waals surface area contributed by atoms with Crippen LogP contribution in [0.25, 0.3) is 0 Å². The van der Waals surface area contributed by atoms with Gasteiger partial charge in [0.15, 0.2) is 0 Å². The number of aryl methyl sites for hydroxylation is 1. The molecule has 0 radical (unpaired) electrons. The zero-order valence-electron chi connectivity index (χ0n) is 10.4. The van der Waals surface area contributed by atoms with E-state index in [2.05, 4.69) is 5.10 Å². The minimum atomic E-state index is -0.222. The van der Waals surface area contributed by atoms with Gasteiger partial charge in [-0.1, -0.05) is 11.6 Å². The predicted molar refractivity (Wildman–Crippen MR) is 71.7 cm³/mol. The molecule has 1 aromatic carbocycles. The monoisotopic (exact) mass is 265 g/mol. The Bertz CT molecular complexity index is 507. The number of nitrogens with two attached hydrogens (primary N) is 1. The van der Waals surface area contributed by atoms with Gasteiger partial charge < -0.3 is 10.5 Å². The molecule has 0 spiro atoms. The van der Waals surface area contributed by atoms with Gasteiger partial charge in [-0.3, -0.25) is 4.68 Å². The zero-order chi connectivity index (χ0) is 13.1. The van der Waals surface area contributed by atoms with E-state index in [4.69, 9.17) is 22.1 Å². The Morgan fingerprint density at radius 3 is 2.50 bits per heavy atom. The third-order valence-corrected chi connectivity index (χ3v) is 2.86. The molecule has 0 aliphatic rings. The molecule has 18 heavy (non-hydrogen) atoms. The third kappa shape index (κ3) is 3.03. The molecule has 0 aliphatic carbocycles. The van der Waals surface area contributed by atoms with Gasteiger partial charge in [0, 0.05) is 29.9 Å². The minimum absolute atomic E-state index is 0.134. The van der Waals surface area contributed by atoms with Crippen molar-refractivity contribution in [1.82, 2.24) is 9.78 Å². The Morgan fingerprint density at radius 2 is 2.00 bits per heavy atom. The highest BCUT2D eigenvalue weighted by Gasteiger charge is 2.19. The van der Waals surface area contributed by atoms with Gasteiger partial charge in [0.05, 0.1) is 6.20 Å². The summed E-state index contributed by atoms with van der Waals surface area (Å²) in [6, 6.07) is 7.10. The van der Waals surface area contributed by atoms with Crippen LogP contribution in [0.3, 0.4) is 0 Å². The topological polar surface area (TPSA) is 53.1 Å². The standard InChI is InChI=1S/C13H16ClN3O/c1-9(15)13(10-7-16-17(2)8-10)18-12-5-3-11(14)4-6-12/h3-9,13H,15H2,1-2H3. The number of halogens is 1. The number of nitrogens with zero attached hydrogens (tertiary/aromatic N) is 2. The Kier molecular flexibility index (Phi) is 3.89. The molecule has 4 nitrogen and oxygen atoms in total. The van der Waals surface area contributed by atoms with E-state index in [1.54, 1.807) is 23.0 Å². The average molecular weight is 266 g/mol. The van der Waals surface area contributed by atoms with E-state index < -0.39 is 0 Å². The largest absolute Gasteiger partial charge is 0.484 e. The number of hydrogen-bond donors (Lipinski definition) is 1. The fraction of sp³-hybridized carbons (Fsp3) is 0.308. The van der Waals surface area contributed by atoms with Crippen molar-refractivity contribution in [2.75, 3.05) is 0 Å². The van der Waals surface area contributed by atoms with E-state index >= 15 is 0 Å². The van der Waals surface area contributed by atoms with Gasteiger partial charge in [-0.25, -0.2) is 0 Å². The van der Waals surface area contributed by atoms with Crippen LogP contribution in [-0.4, -0.2) is 15.8 Å². The second-order valence-electron chi connectivity index (χ2n) is 4.30. The SMILES string of the molecule is CC(N)C(Oc1ccc(Cl)cc1)c1cnn(C)c1. The molecule has 2 rings (SSSR count). The number of rotatable bonds is 4. The van der Waals surface area contributed by atoms with Crippen LogP contribution in [0.5, 0.6) is 5.75 Å². The first kappa shape index (κ1) is 12.9. The summed E-state index contributed by atoms with van der Waals surface area (Å²) in [5.74, 6) is 0.741. The van der Waals surface area contributed by atoms with E-state index in [0.29, 0.717) is 5.02 Å². The van der Waals surface area contributed by atoms with Crippen molar-refractivity contribution >= 4 is 11.6 Å². The van der Waals surface area contributed by atoms with E-state index in [9.17, 15) is 0 Å². The summed E-state index contributed by atoms with van der Waals surface area (Å²) in [7, 11) is 1.87. The number of aromatic nitrogens is 2. The van der Waals surface area contributed by atoms with E-state index in [1.165, 1.54) is 0 Å². The lowest BCUT2D eigenvalue weighted by atomic mass is 10.1. The first-order valence-electron chi connectivity index (χ1n) is 5.72. The van der Waals surface area contributed by atoms with Crippen LogP contribution in [0.2, 0.25) is 5.02 Å². The molecule has 2 atom stereocenters. The second-order valence-corrected chi connectivity index (χ2v) is 4.74. The summed E-state index contributed by atoms with van der Waals surface area (Å²) in [5, 5.41) is 4.82. The van der Waals surface area contributed by atoms with Crippen LogP contribution < -0.4 is 10.5 Å². The highest BCUT2D eigenvalue weighted by atomic mass is 35.5. The van der Waals surface area contributed by atoms with Crippen molar-refractivity contribution < 1.29 is 4.74 Å². The molecule has 0 amide bonds. The van der Waals surface area contributed by atoms with Gasteiger partial charge >= 0.3 is 0 Å². The first-order chi connectivity index (χ1) is 8.56. The minimum Gasteiger partial charge on any atom is -0.484 e. The lowest BCUT2D eigenvalue weighted by Crippen LogP contribution is -2.28. The van der Waals surface area contributed by atoms with E-state index in [1.807, 2.05) is 32.3 Å². The summed E-state index contributed by atoms with van der Waals surface area (Å²) < 4.78 is 7.63. The summed E-state index contributed by atoms with van der Waals surface area (Å²) in [5.41, 5.74) is 6.93. The maximum absolute atomic E-state index is 5.97. The first-order valence-corrected chi connectivity index (χ1v) is 6.10. The average Bonchev–Trinajstić information content (AvgIpc) is 2.74. The van der Waals surface area contributed by atoms with Crippen molar-refractivity contribution in [3.63, 3.8) is 0 Å². The smallest absolute Gasteiger partial charge is 0.141 e. The summed E-state index contributed by atoms with van der Waals surface area (Å²) in [6.45, 7) is 1.91. The molecule has 0 bridgehead atoms. The summed E-state index contributed by atoms with van der Waals surface area (Å²) >= 11 is 5.84. The highest BCUT2D eigenvalue weighted by Crippen LogP contribution is 2.25. The molecule has 0 fully saturated rings. The zero-order valence-corrected chi connectivity index (χ0v) is 11.1. The number of hydrogen-bond acceptors (Lipinski definition) is 3. The molecule has 1 heterocycles. The third-order valence-electron chi connectivity index (χ3n) is 2.61. The summed E-state index contributed by atoms with van der Waals surface area (Å²) in [6.07, 6.45) is 3.45. The molecule has 2 unspecified atom stereocenters. The van der Waals surface area contributed by atoms with Crippen LogP contribution in [-0.2, 0) is 7.05 Å². The maximum atomic E-state index is 5.97. The summed E-state index contributed by atoms with van der Waals surface area (Å²) in [4.78, 5) is 0.